The van der Waals surface area contributed by atoms with Gasteiger partial charge in [-0.25, -0.2) is 4.79 Å². The molecule has 1 heterocycles. The number of hydrogen-bond donors (Lipinski definition) is 1. The Morgan fingerprint density at radius 3 is 2.83 bits per heavy atom. The van der Waals surface area contributed by atoms with Gasteiger partial charge in [0, 0.05) is 36.9 Å². The van der Waals surface area contributed by atoms with E-state index in [-0.39, 0.29) is 12.1 Å². The second-order valence-corrected chi connectivity index (χ2v) is 7.56. The number of hydrogen-bond acceptors (Lipinski definition) is 3. The Morgan fingerprint density at radius 2 is 2.17 bits per heavy atom. The van der Waals surface area contributed by atoms with Crippen molar-refractivity contribution in [3.63, 3.8) is 0 Å². The molecule has 0 aromatic heterocycles. The van der Waals surface area contributed by atoms with Gasteiger partial charge in [-0.1, -0.05) is 17.7 Å². The number of piperidine rings is 1. The minimum Gasteiger partial charge on any atom is -0.382 e. The van der Waals surface area contributed by atoms with Crippen molar-refractivity contribution in [3.8, 4) is 0 Å². The van der Waals surface area contributed by atoms with Crippen LogP contribution in [0.5, 0.6) is 0 Å². The van der Waals surface area contributed by atoms with Gasteiger partial charge >= 0.3 is 6.03 Å². The number of carbonyl (C=O) groups is 1. The molecule has 2 rings (SSSR count). The van der Waals surface area contributed by atoms with E-state index in [0.717, 1.165) is 32.4 Å². The zero-order chi connectivity index (χ0) is 16.7. The summed E-state index contributed by atoms with van der Waals surface area (Å²) in [5.74, 6) is 0. The summed E-state index contributed by atoms with van der Waals surface area (Å²) in [7, 11) is 1.70. The van der Waals surface area contributed by atoms with Crippen LogP contribution >= 0.6 is 11.8 Å². The first-order valence-corrected chi connectivity index (χ1v) is 9.25. The third kappa shape index (κ3) is 6.07. The topological polar surface area (TPSA) is 41.6 Å². The Kier molecular flexibility index (Phi) is 7.24. The lowest BCUT2D eigenvalue weighted by Gasteiger charge is -2.31. The number of nitrogens with zero attached hydrogens (tertiary/aromatic N) is 1. The van der Waals surface area contributed by atoms with E-state index < -0.39 is 0 Å². The number of nitrogens with one attached hydrogen (secondary N) is 1. The summed E-state index contributed by atoms with van der Waals surface area (Å²) >= 11 is 1.94. The molecule has 1 unspecified atom stereocenters. The average Bonchev–Trinajstić information content (AvgIpc) is 2.55. The van der Waals surface area contributed by atoms with E-state index in [1.807, 2.05) is 23.6 Å². The van der Waals surface area contributed by atoms with Crippen LogP contribution < -0.4 is 5.32 Å². The maximum Gasteiger partial charge on any atom is 0.317 e. The molecule has 0 spiro atoms. The first-order valence-electron chi connectivity index (χ1n) is 8.37. The number of rotatable bonds is 6. The van der Waals surface area contributed by atoms with Gasteiger partial charge in [-0.15, -0.1) is 11.8 Å². The molecule has 4 nitrogen and oxygen atoms in total. The summed E-state index contributed by atoms with van der Waals surface area (Å²) in [4.78, 5) is 15.4. The van der Waals surface area contributed by atoms with Crippen LogP contribution in [0.3, 0.4) is 0 Å². The van der Waals surface area contributed by atoms with Gasteiger partial charge in [0.2, 0.25) is 0 Å². The Labute approximate surface area is 144 Å². The summed E-state index contributed by atoms with van der Waals surface area (Å²) in [6.07, 6.45) is 3.15. The van der Waals surface area contributed by atoms with Gasteiger partial charge < -0.3 is 15.0 Å². The van der Waals surface area contributed by atoms with E-state index in [4.69, 9.17) is 4.74 Å². The standard InChI is InChI=1S/C18H28N2O2S/c1-14-5-4-6-17(13-14)23-16-8-11-20(12-9-16)18(21)19-10-7-15(2)22-3/h4-6,13,15-16H,7-12H2,1-3H3,(H,19,21). The summed E-state index contributed by atoms with van der Waals surface area (Å²) < 4.78 is 5.19. The molecule has 1 aliphatic heterocycles. The van der Waals surface area contributed by atoms with Crippen molar-refractivity contribution in [1.82, 2.24) is 10.2 Å². The van der Waals surface area contributed by atoms with Gasteiger partial charge in [-0.2, -0.15) is 0 Å². The van der Waals surface area contributed by atoms with Crippen molar-refractivity contribution >= 4 is 17.8 Å². The summed E-state index contributed by atoms with van der Waals surface area (Å²) in [5.41, 5.74) is 1.30. The van der Waals surface area contributed by atoms with Gasteiger partial charge in [0.25, 0.3) is 0 Å². The van der Waals surface area contributed by atoms with Crippen LogP contribution in [0.2, 0.25) is 0 Å². The fourth-order valence-electron chi connectivity index (χ4n) is 2.67. The van der Waals surface area contributed by atoms with Gasteiger partial charge in [0.1, 0.15) is 0 Å². The van der Waals surface area contributed by atoms with Crippen molar-refractivity contribution in [2.45, 2.75) is 49.4 Å². The zero-order valence-electron chi connectivity index (χ0n) is 14.4. The minimum absolute atomic E-state index is 0.0623. The number of methoxy groups -OCH3 is 1. The predicted octanol–water partition coefficient (Wildman–Crippen LogP) is 3.69. The molecule has 1 fully saturated rings. The molecule has 128 valence electrons. The molecule has 0 radical (unpaired) electrons. The third-order valence-electron chi connectivity index (χ3n) is 4.25. The van der Waals surface area contributed by atoms with Crippen LogP contribution in [0.15, 0.2) is 29.2 Å². The molecule has 23 heavy (non-hydrogen) atoms. The number of thioether (sulfide) groups is 1. The summed E-state index contributed by atoms with van der Waals surface area (Å²) in [6.45, 7) is 6.50. The Bertz CT molecular complexity index is 502. The fourth-order valence-corrected chi connectivity index (χ4v) is 3.91. The maximum absolute atomic E-state index is 12.1. The van der Waals surface area contributed by atoms with Crippen molar-refractivity contribution in [3.05, 3.63) is 29.8 Å². The lowest BCUT2D eigenvalue weighted by atomic mass is 10.1. The van der Waals surface area contributed by atoms with Crippen molar-refractivity contribution in [2.75, 3.05) is 26.7 Å². The quantitative estimate of drug-likeness (QED) is 0.861. The summed E-state index contributed by atoms with van der Waals surface area (Å²) in [5, 5.41) is 3.60. The second-order valence-electron chi connectivity index (χ2n) is 6.19. The highest BCUT2D eigenvalue weighted by Gasteiger charge is 2.23. The largest absolute Gasteiger partial charge is 0.382 e. The van der Waals surface area contributed by atoms with Crippen molar-refractivity contribution in [2.24, 2.45) is 0 Å². The molecule has 0 aliphatic carbocycles. The van der Waals surface area contributed by atoms with Crippen LogP contribution in [0.4, 0.5) is 4.79 Å². The Balaban J connectivity index is 1.70. The van der Waals surface area contributed by atoms with Crippen LogP contribution in [-0.2, 0) is 4.74 Å². The van der Waals surface area contributed by atoms with Gasteiger partial charge in [-0.05, 0) is 45.2 Å². The SMILES string of the molecule is COC(C)CCNC(=O)N1CCC(Sc2cccc(C)c2)CC1. The Morgan fingerprint density at radius 1 is 1.43 bits per heavy atom. The predicted molar refractivity (Wildman–Crippen MR) is 96.1 cm³/mol. The number of benzene rings is 1. The number of carbonyl (C=O) groups excluding carboxylic acids is 1. The lowest BCUT2D eigenvalue weighted by Crippen LogP contribution is -2.45. The molecule has 1 N–H and O–H groups in total. The highest BCUT2D eigenvalue weighted by molar-refractivity contribution is 8.00. The maximum atomic E-state index is 12.1. The molecule has 1 aromatic rings. The number of aryl methyl sites for hydroxylation is 1. The fraction of sp³-hybridized carbons (Fsp3) is 0.611. The molecular weight excluding hydrogens is 308 g/mol. The van der Waals surface area contributed by atoms with Gasteiger partial charge in [0.15, 0.2) is 0 Å². The van der Waals surface area contributed by atoms with E-state index >= 15 is 0 Å². The molecule has 0 bridgehead atoms. The number of amides is 2. The molecule has 1 aromatic carbocycles. The van der Waals surface area contributed by atoms with E-state index in [1.165, 1.54) is 10.5 Å². The zero-order valence-corrected chi connectivity index (χ0v) is 15.2. The van der Waals surface area contributed by atoms with Crippen molar-refractivity contribution < 1.29 is 9.53 Å². The van der Waals surface area contributed by atoms with E-state index in [9.17, 15) is 4.79 Å². The van der Waals surface area contributed by atoms with Gasteiger partial charge in [0.05, 0.1) is 6.10 Å². The molecule has 1 aliphatic rings. The van der Waals surface area contributed by atoms with Crippen LogP contribution in [-0.4, -0.2) is 49.0 Å². The van der Waals surface area contributed by atoms with E-state index in [2.05, 4.69) is 36.5 Å². The molecule has 0 saturated carbocycles. The smallest absolute Gasteiger partial charge is 0.317 e. The van der Waals surface area contributed by atoms with Crippen LogP contribution in [0.25, 0.3) is 0 Å². The second kappa shape index (κ2) is 9.18. The van der Waals surface area contributed by atoms with Crippen molar-refractivity contribution in [1.29, 1.82) is 0 Å². The molecule has 1 saturated heterocycles. The Hall–Kier alpha value is -1.20. The molecular formula is C18H28N2O2S. The van der Waals surface area contributed by atoms with E-state index in [0.29, 0.717) is 11.8 Å². The van der Waals surface area contributed by atoms with Crippen LogP contribution in [0.1, 0.15) is 31.7 Å². The first-order chi connectivity index (χ1) is 11.1. The normalized spacial score (nSPS) is 17.1. The third-order valence-corrected chi connectivity index (χ3v) is 5.58. The number of urea groups is 1. The molecule has 2 amide bonds. The highest BCUT2D eigenvalue weighted by atomic mass is 32.2. The molecule has 5 heteroatoms. The molecule has 1 atom stereocenters. The van der Waals surface area contributed by atoms with E-state index in [1.54, 1.807) is 7.11 Å². The van der Waals surface area contributed by atoms with Crippen LogP contribution in [0, 0.1) is 6.92 Å². The van der Waals surface area contributed by atoms with Gasteiger partial charge in [-0.3, -0.25) is 0 Å². The average molecular weight is 337 g/mol. The minimum atomic E-state index is 0.0623. The summed E-state index contributed by atoms with van der Waals surface area (Å²) in [6, 6.07) is 8.71. The monoisotopic (exact) mass is 336 g/mol. The highest BCUT2D eigenvalue weighted by Crippen LogP contribution is 2.30. The lowest BCUT2D eigenvalue weighted by molar-refractivity contribution is 0.110. The first kappa shape index (κ1) is 18.1. The number of ether oxygens (including phenoxy) is 1. The number of likely N-dealkylation sites (tertiary alicyclic amines) is 1.